The van der Waals surface area contributed by atoms with Crippen molar-refractivity contribution in [1.29, 1.82) is 5.26 Å². The summed E-state index contributed by atoms with van der Waals surface area (Å²) in [6.45, 7) is 0. The topological polar surface area (TPSA) is 23.8 Å². The number of hydrogen-bond acceptors (Lipinski definition) is 1. The molecule has 1 atom stereocenters. The fourth-order valence-electron chi connectivity index (χ4n) is 0.703. The third-order valence-corrected chi connectivity index (χ3v) is 2.07. The third-order valence-electron chi connectivity index (χ3n) is 1.29. The van der Waals surface area contributed by atoms with E-state index in [-0.39, 0.29) is 4.29 Å². The van der Waals surface area contributed by atoms with E-state index >= 15 is 0 Å². The molecule has 0 aliphatic carbocycles. The van der Waals surface area contributed by atoms with Gasteiger partial charge in [-0.3, -0.25) is 0 Å². The Morgan fingerprint density at radius 3 is 2.27 bits per heavy atom. The quantitative estimate of drug-likeness (QED) is 0.680. The maximum absolute atomic E-state index is 8.47. The lowest BCUT2D eigenvalue weighted by atomic mass is 10.2. The van der Waals surface area contributed by atoms with Crippen molar-refractivity contribution in [3.05, 3.63) is 35.4 Å². The molecule has 0 heterocycles. The van der Waals surface area contributed by atoms with Crippen LogP contribution in [0.2, 0.25) is 0 Å². The molecule has 0 amide bonds. The number of nitrogens with zero attached hydrogens (tertiary/aromatic N) is 1. The van der Waals surface area contributed by atoms with E-state index in [2.05, 4.69) is 15.9 Å². The molecular weight excluding hydrogens is 225 g/mol. The number of hydrogen-bond donors (Lipinski definition) is 0. The first-order valence-electron chi connectivity index (χ1n) is 3.02. The Labute approximate surface area is 78.7 Å². The third kappa shape index (κ3) is 2.21. The van der Waals surface area contributed by atoms with Gasteiger partial charge in [0.15, 0.2) is 0 Å². The molecular formula is C8H5BrClN. The van der Waals surface area contributed by atoms with Gasteiger partial charge in [-0.25, -0.2) is 0 Å². The fraction of sp³-hybridized carbons (Fsp3) is 0.125. The van der Waals surface area contributed by atoms with E-state index in [1.54, 1.807) is 12.1 Å². The van der Waals surface area contributed by atoms with Crippen LogP contribution in [-0.2, 0) is 0 Å². The Bertz CT molecular complexity index is 273. The molecule has 0 radical (unpaired) electrons. The molecule has 0 saturated carbocycles. The van der Waals surface area contributed by atoms with Gasteiger partial charge < -0.3 is 0 Å². The number of rotatable bonds is 1. The van der Waals surface area contributed by atoms with Crippen LogP contribution < -0.4 is 0 Å². The van der Waals surface area contributed by atoms with Crippen molar-refractivity contribution in [3.8, 4) is 6.07 Å². The Morgan fingerprint density at radius 1 is 1.36 bits per heavy atom. The van der Waals surface area contributed by atoms with Gasteiger partial charge in [-0.05, 0) is 17.7 Å². The molecule has 0 fully saturated rings. The van der Waals surface area contributed by atoms with Crippen molar-refractivity contribution in [2.75, 3.05) is 0 Å². The Morgan fingerprint density at radius 2 is 1.91 bits per heavy atom. The van der Waals surface area contributed by atoms with Gasteiger partial charge in [-0.1, -0.05) is 28.1 Å². The molecule has 0 bridgehead atoms. The highest BCUT2D eigenvalue weighted by molar-refractivity contribution is 9.09. The number of nitriles is 1. The molecule has 1 unspecified atom stereocenters. The average molecular weight is 230 g/mol. The van der Waals surface area contributed by atoms with Gasteiger partial charge in [0.25, 0.3) is 0 Å². The summed E-state index contributed by atoms with van der Waals surface area (Å²) in [6.07, 6.45) is 0. The largest absolute Gasteiger partial charge is 0.192 e. The molecule has 0 saturated heterocycles. The van der Waals surface area contributed by atoms with Crippen molar-refractivity contribution in [2.45, 2.75) is 4.29 Å². The first-order valence-corrected chi connectivity index (χ1v) is 4.37. The minimum Gasteiger partial charge on any atom is -0.192 e. The zero-order valence-electron chi connectivity index (χ0n) is 5.59. The highest BCUT2D eigenvalue weighted by atomic mass is 79.9. The van der Waals surface area contributed by atoms with Crippen LogP contribution in [0.5, 0.6) is 0 Å². The van der Waals surface area contributed by atoms with Crippen molar-refractivity contribution < 1.29 is 0 Å². The Kier molecular flexibility index (Phi) is 2.92. The van der Waals surface area contributed by atoms with E-state index in [4.69, 9.17) is 16.9 Å². The average Bonchev–Trinajstić information content (AvgIpc) is 2.05. The van der Waals surface area contributed by atoms with Gasteiger partial charge >= 0.3 is 0 Å². The van der Waals surface area contributed by atoms with Crippen molar-refractivity contribution >= 4 is 27.5 Å². The highest BCUT2D eigenvalue weighted by Gasteiger charge is 2.00. The molecule has 1 nitrogen and oxygen atoms in total. The monoisotopic (exact) mass is 229 g/mol. The SMILES string of the molecule is N#Cc1ccc(C(Cl)Br)cc1. The summed E-state index contributed by atoms with van der Waals surface area (Å²) < 4.78 is -0.171. The van der Waals surface area contributed by atoms with Crippen molar-refractivity contribution in [1.82, 2.24) is 0 Å². The van der Waals surface area contributed by atoms with Crippen LogP contribution in [-0.4, -0.2) is 0 Å². The van der Waals surface area contributed by atoms with Crippen LogP contribution in [0, 0.1) is 11.3 Å². The first kappa shape index (κ1) is 8.58. The molecule has 0 aromatic heterocycles. The molecule has 1 aromatic carbocycles. The van der Waals surface area contributed by atoms with E-state index in [1.807, 2.05) is 18.2 Å². The first-order chi connectivity index (χ1) is 5.24. The molecule has 1 aromatic rings. The fourth-order valence-corrected chi connectivity index (χ4v) is 1.15. The maximum Gasteiger partial charge on any atom is 0.113 e. The van der Waals surface area contributed by atoms with Crippen LogP contribution in [0.15, 0.2) is 24.3 Å². The van der Waals surface area contributed by atoms with Crippen LogP contribution in [0.25, 0.3) is 0 Å². The highest BCUT2D eigenvalue weighted by Crippen LogP contribution is 2.26. The van der Waals surface area contributed by atoms with Crippen LogP contribution in [0.3, 0.4) is 0 Å². The van der Waals surface area contributed by atoms with Crippen LogP contribution in [0.4, 0.5) is 0 Å². The summed E-state index contributed by atoms with van der Waals surface area (Å²) in [4.78, 5) is 0. The summed E-state index contributed by atoms with van der Waals surface area (Å²) >= 11 is 8.94. The second-order valence-electron chi connectivity index (χ2n) is 2.03. The zero-order chi connectivity index (χ0) is 8.27. The molecule has 11 heavy (non-hydrogen) atoms. The molecule has 0 aliphatic heterocycles. The Hall–Kier alpha value is -0.520. The normalized spacial score (nSPS) is 12.1. The van der Waals surface area contributed by atoms with Crippen LogP contribution >= 0.6 is 27.5 Å². The summed E-state index contributed by atoms with van der Waals surface area (Å²) in [5.41, 5.74) is 1.62. The predicted octanol–water partition coefficient (Wildman–Crippen LogP) is 3.19. The van der Waals surface area contributed by atoms with E-state index in [9.17, 15) is 0 Å². The van der Waals surface area contributed by atoms with Gasteiger partial charge in [0.05, 0.1) is 11.6 Å². The van der Waals surface area contributed by atoms with Gasteiger partial charge in [0.1, 0.15) is 4.29 Å². The summed E-state index contributed by atoms with van der Waals surface area (Å²) in [5, 5.41) is 8.47. The van der Waals surface area contributed by atoms with Crippen LogP contribution in [0.1, 0.15) is 15.4 Å². The molecule has 1 rings (SSSR count). The molecule has 3 heteroatoms. The van der Waals surface area contributed by atoms with Gasteiger partial charge in [-0.2, -0.15) is 5.26 Å². The minimum absolute atomic E-state index is 0.171. The lowest BCUT2D eigenvalue weighted by molar-refractivity contribution is 1.37. The van der Waals surface area contributed by atoms with Gasteiger partial charge in [0, 0.05) is 0 Å². The van der Waals surface area contributed by atoms with Crippen molar-refractivity contribution in [3.63, 3.8) is 0 Å². The van der Waals surface area contributed by atoms with Gasteiger partial charge in [-0.15, -0.1) is 11.6 Å². The number of benzene rings is 1. The standard InChI is InChI=1S/C8H5BrClN/c9-8(10)7-3-1-6(5-11)2-4-7/h1-4,8H. The van der Waals surface area contributed by atoms with E-state index in [0.717, 1.165) is 5.56 Å². The second-order valence-corrected chi connectivity index (χ2v) is 3.91. The summed E-state index contributed by atoms with van der Waals surface area (Å²) in [5.74, 6) is 0. The predicted molar refractivity (Wildman–Crippen MR) is 48.7 cm³/mol. The second kappa shape index (κ2) is 3.75. The van der Waals surface area contributed by atoms with Crippen molar-refractivity contribution in [2.24, 2.45) is 0 Å². The molecule has 56 valence electrons. The smallest absolute Gasteiger partial charge is 0.113 e. The zero-order valence-corrected chi connectivity index (χ0v) is 7.93. The molecule has 0 spiro atoms. The Balaban J connectivity index is 2.94. The van der Waals surface area contributed by atoms with Gasteiger partial charge in [0.2, 0.25) is 0 Å². The van der Waals surface area contributed by atoms with E-state index in [0.29, 0.717) is 5.56 Å². The summed E-state index contributed by atoms with van der Waals surface area (Å²) in [6, 6.07) is 9.17. The van der Waals surface area contributed by atoms with E-state index in [1.165, 1.54) is 0 Å². The summed E-state index contributed by atoms with van der Waals surface area (Å²) in [7, 11) is 0. The molecule has 0 N–H and O–H groups in total. The number of halogens is 2. The van der Waals surface area contributed by atoms with E-state index < -0.39 is 0 Å². The maximum atomic E-state index is 8.47. The lowest BCUT2D eigenvalue weighted by Gasteiger charge is -1.99. The minimum atomic E-state index is -0.171. The number of alkyl halides is 2. The molecule has 0 aliphatic rings. The lowest BCUT2D eigenvalue weighted by Crippen LogP contribution is -1.80.